The lowest BCUT2D eigenvalue weighted by atomic mass is 9.97. The maximum Gasteiger partial charge on any atom is 0.123 e. The molecule has 0 bridgehead atoms. The van der Waals surface area contributed by atoms with E-state index in [-0.39, 0.29) is 0 Å². The van der Waals surface area contributed by atoms with Gasteiger partial charge < -0.3 is 5.11 Å². The van der Waals surface area contributed by atoms with E-state index in [2.05, 4.69) is 19.1 Å². The van der Waals surface area contributed by atoms with E-state index in [0.717, 1.165) is 18.4 Å². The maximum atomic E-state index is 9.85. The first-order valence-corrected chi connectivity index (χ1v) is 6.00. The molecule has 1 nitrogen and oxygen atoms in total. The third-order valence-corrected chi connectivity index (χ3v) is 3.06. The molecular formula is C15H18O. The van der Waals surface area contributed by atoms with E-state index < -0.39 is 0 Å². The van der Waals surface area contributed by atoms with E-state index in [1.807, 2.05) is 18.2 Å². The van der Waals surface area contributed by atoms with Gasteiger partial charge in [-0.1, -0.05) is 43.7 Å². The maximum absolute atomic E-state index is 9.85. The number of aromatic hydroxyl groups is 1. The summed E-state index contributed by atoms with van der Waals surface area (Å²) in [6.07, 6.45) is 8.90. The van der Waals surface area contributed by atoms with Crippen molar-refractivity contribution in [3.05, 3.63) is 47.6 Å². The van der Waals surface area contributed by atoms with Crippen molar-refractivity contribution in [3.8, 4) is 5.75 Å². The lowest BCUT2D eigenvalue weighted by Gasteiger charge is -2.09. The zero-order valence-corrected chi connectivity index (χ0v) is 9.74. The molecule has 0 heterocycles. The van der Waals surface area contributed by atoms with Gasteiger partial charge in [-0.25, -0.2) is 0 Å². The van der Waals surface area contributed by atoms with Crippen LogP contribution >= 0.6 is 0 Å². The summed E-state index contributed by atoms with van der Waals surface area (Å²) in [6, 6.07) is 7.62. The minimum Gasteiger partial charge on any atom is -0.507 e. The molecule has 1 aromatic rings. The van der Waals surface area contributed by atoms with Crippen molar-refractivity contribution in [1.29, 1.82) is 0 Å². The SMILES string of the molecule is CCCCC1=C(c2ccccc2O)CC=C1. The number of allylic oxidation sites excluding steroid dienone is 4. The number of phenolic OH excluding ortho intramolecular Hbond substituents is 1. The zero-order chi connectivity index (χ0) is 11.4. The van der Waals surface area contributed by atoms with E-state index in [4.69, 9.17) is 0 Å². The number of benzene rings is 1. The third-order valence-electron chi connectivity index (χ3n) is 3.06. The lowest BCUT2D eigenvalue weighted by Crippen LogP contribution is -1.87. The van der Waals surface area contributed by atoms with Gasteiger partial charge >= 0.3 is 0 Å². The van der Waals surface area contributed by atoms with E-state index in [1.165, 1.54) is 24.0 Å². The largest absolute Gasteiger partial charge is 0.507 e. The molecule has 16 heavy (non-hydrogen) atoms. The van der Waals surface area contributed by atoms with E-state index >= 15 is 0 Å². The van der Waals surface area contributed by atoms with E-state index in [1.54, 1.807) is 6.07 Å². The van der Waals surface area contributed by atoms with Gasteiger partial charge in [0.1, 0.15) is 5.75 Å². The van der Waals surface area contributed by atoms with Crippen LogP contribution in [-0.2, 0) is 0 Å². The second-order valence-corrected chi connectivity index (χ2v) is 4.23. The van der Waals surface area contributed by atoms with Gasteiger partial charge in [0.25, 0.3) is 0 Å². The van der Waals surface area contributed by atoms with Crippen LogP contribution in [0.1, 0.15) is 38.2 Å². The van der Waals surface area contributed by atoms with Gasteiger partial charge in [0.15, 0.2) is 0 Å². The second kappa shape index (κ2) is 5.02. The highest BCUT2D eigenvalue weighted by Gasteiger charge is 2.13. The number of hydrogen-bond donors (Lipinski definition) is 1. The fourth-order valence-corrected chi connectivity index (χ4v) is 2.16. The Bertz CT molecular complexity index is 427. The molecule has 1 aromatic carbocycles. The van der Waals surface area contributed by atoms with Gasteiger partial charge in [-0.2, -0.15) is 0 Å². The van der Waals surface area contributed by atoms with Crippen LogP contribution in [0.3, 0.4) is 0 Å². The summed E-state index contributed by atoms with van der Waals surface area (Å²) in [5.41, 5.74) is 3.69. The Balaban J connectivity index is 2.29. The summed E-state index contributed by atoms with van der Waals surface area (Å²) in [4.78, 5) is 0. The average molecular weight is 214 g/mol. The van der Waals surface area contributed by atoms with Gasteiger partial charge in [-0.3, -0.25) is 0 Å². The normalized spacial score (nSPS) is 14.8. The molecule has 2 rings (SSSR count). The highest BCUT2D eigenvalue weighted by molar-refractivity contribution is 5.77. The predicted molar refractivity (Wildman–Crippen MR) is 68.3 cm³/mol. The summed E-state index contributed by atoms with van der Waals surface area (Å²) < 4.78 is 0. The number of phenols is 1. The van der Waals surface area contributed by atoms with Gasteiger partial charge in [0.2, 0.25) is 0 Å². The zero-order valence-electron chi connectivity index (χ0n) is 9.74. The monoisotopic (exact) mass is 214 g/mol. The van der Waals surface area contributed by atoms with E-state index in [9.17, 15) is 5.11 Å². The number of hydrogen-bond acceptors (Lipinski definition) is 1. The van der Waals surface area contributed by atoms with E-state index in [0.29, 0.717) is 5.75 Å². The second-order valence-electron chi connectivity index (χ2n) is 4.23. The van der Waals surface area contributed by atoms with Crippen LogP contribution in [0.25, 0.3) is 5.57 Å². The molecule has 1 N–H and O–H groups in total. The van der Waals surface area contributed by atoms with Gasteiger partial charge in [-0.05, 0) is 36.5 Å². The van der Waals surface area contributed by atoms with Crippen molar-refractivity contribution in [2.24, 2.45) is 0 Å². The number of para-hydroxylation sites is 1. The van der Waals surface area contributed by atoms with Crippen molar-refractivity contribution >= 4 is 5.57 Å². The minimum absolute atomic E-state index is 0.398. The predicted octanol–water partition coefficient (Wildman–Crippen LogP) is 4.30. The Morgan fingerprint density at radius 1 is 1.25 bits per heavy atom. The molecule has 0 saturated heterocycles. The smallest absolute Gasteiger partial charge is 0.123 e. The van der Waals surface area contributed by atoms with Crippen LogP contribution in [0.5, 0.6) is 5.75 Å². The van der Waals surface area contributed by atoms with Crippen LogP contribution in [0.2, 0.25) is 0 Å². The Kier molecular flexibility index (Phi) is 3.45. The molecule has 1 heteroatoms. The Morgan fingerprint density at radius 2 is 2.06 bits per heavy atom. The fourth-order valence-electron chi connectivity index (χ4n) is 2.16. The summed E-state index contributed by atoms with van der Waals surface area (Å²) in [6.45, 7) is 2.21. The van der Waals surface area contributed by atoms with Gasteiger partial charge in [-0.15, -0.1) is 0 Å². The van der Waals surface area contributed by atoms with Crippen LogP contribution < -0.4 is 0 Å². The lowest BCUT2D eigenvalue weighted by molar-refractivity contribution is 0.473. The molecule has 0 unspecified atom stereocenters. The quantitative estimate of drug-likeness (QED) is 0.792. The minimum atomic E-state index is 0.398. The van der Waals surface area contributed by atoms with Gasteiger partial charge in [0.05, 0.1) is 0 Å². The highest BCUT2D eigenvalue weighted by Crippen LogP contribution is 2.35. The molecule has 84 valence electrons. The molecule has 0 saturated carbocycles. The molecule has 1 aliphatic carbocycles. The molecular weight excluding hydrogens is 196 g/mol. The van der Waals surface area contributed by atoms with Gasteiger partial charge in [0, 0.05) is 5.56 Å². The molecule has 0 atom stereocenters. The summed E-state index contributed by atoms with van der Waals surface area (Å²) in [5, 5.41) is 9.85. The Hall–Kier alpha value is -1.50. The van der Waals surface area contributed by atoms with Crippen molar-refractivity contribution in [2.45, 2.75) is 32.6 Å². The molecule has 0 radical (unpaired) electrons. The average Bonchev–Trinajstić information content (AvgIpc) is 2.75. The van der Waals surface area contributed by atoms with Crippen LogP contribution in [0.15, 0.2) is 42.0 Å². The van der Waals surface area contributed by atoms with Crippen molar-refractivity contribution in [3.63, 3.8) is 0 Å². The molecule has 0 spiro atoms. The van der Waals surface area contributed by atoms with Crippen LogP contribution in [0.4, 0.5) is 0 Å². The van der Waals surface area contributed by atoms with Crippen LogP contribution in [0, 0.1) is 0 Å². The van der Waals surface area contributed by atoms with Crippen molar-refractivity contribution < 1.29 is 5.11 Å². The molecule has 0 fully saturated rings. The summed E-state index contributed by atoms with van der Waals surface area (Å²) in [5.74, 6) is 0.398. The Morgan fingerprint density at radius 3 is 2.81 bits per heavy atom. The highest BCUT2D eigenvalue weighted by atomic mass is 16.3. The van der Waals surface area contributed by atoms with Crippen LogP contribution in [-0.4, -0.2) is 5.11 Å². The Labute approximate surface area is 97.1 Å². The first-order valence-electron chi connectivity index (χ1n) is 6.00. The fraction of sp³-hybridized carbons (Fsp3) is 0.333. The molecule has 0 amide bonds. The first kappa shape index (κ1) is 11.0. The molecule has 0 aliphatic heterocycles. The first-order chi connectivity index (χ1) is 7.83. The van der Waals surface area contributed by atoms with Crippen molar-refractivity contribution in [2.75, 3.05) is 0 Å². The number of unbranched alkanes of at least 4 members (excludes halogenated alkanes) is 1. The summed E-state index contributed by atoms with van der Waals surface area (Å²) >= 11 is 0. The molecule has 1 aliphatic rings. The summed E-state index contributed by atoms with van der Waals surface area (Å²) in [7, 11) is 0. The number of rotatable bonds is 4. The third kappa shape index (κ3) is 2.19. The topological polar surface area (TPSA) is 20.2 Å². The van der Waals surface area contributed by atoms with Crippen molar-refractivity contribution in [1.82, 2.24) is 0 Å². The molecule has 0 aromatic heterocycles. The standard InChI is InChI=1S/C15H18O/c1-2-3-7-12-8-6-10-13(12)14-9-4-5-11-15(14)16/h4-6,8-9,11,16H,2-3,7,10H2,1H3.